The molecule has 8 heteroatoms. The van der Waals surface area contributed by atoms with Crippen molar-refractivity contribution in [3.05, 3.63) is 41.0 Å². The maximum atomic E-state index is 13.1. The SMILES string of the molecule is COc1cc2c(cc1OCCO)-c1c(-c3cccs3)nc(C(=O)NCC(C)(C)C)n1CC2. The van der Waals surface area contributed by atoms with Crippen LogP contribution in [0.4, 0.5) is 0 Å². The molecule has 3 aromatic rings. The van der Waals surface area contributed by atoms with Gasteiger partial charge in [-0.2, -0.15) is 0 Å². The molecule has 0 bridgehead atoms. The zero-order chi connectivity index (χ0) is 22.9. The fourth-order valence-corrected chi connectivity index (χ4v) is 4.53. The highest BCUT2D eigenvalue weighted by Crippen LogP contribution is 2.43. The van der Waals surface area contributed by atoms with Gasteiger partial charge in [0.25, 0.3) is 5.91 Å². The van der Waals surface area contributed by atoms with Gasteiger partial charge in [0, 0.05) is 18.7 Å². The molecule has 7 nitrogen and oxygen atoms in total. The number of rotatable bonds is 7. The van der Waals surface area contributed by atoms with Gasteiger partial charge in [0.1, 0.15) is 12.3 Å². The third-order valence-electron chi connectivity index (χ3n) is 5.30. The van der Waals surface area contributed by atoms with Crippen molar-refractivity contribution >= 4 is 17.2 Å². The zero-order valence-electron chi connectivity index (χ0n) is 18.9. The monoisotopic (exact) mass is 455 g/mol. The molecule has 2 N–H and O–H groups in total. The van der Waals surface area contributed by atoms with E-state index in [9.17, 15) is 9.90 Å². The van der Waals surface area contributed by atoms with Crippen LogP contribution in [-0.2, 0) is 13.0 Å². The lowest BCUT2D eigenvalue weighted by Crippen LogP contribution is -2.34. The Hall–Kier alpha value is -2.84. The normalized spacial score (nSPS) is 12.8. The summed E-state index contributed by atoms with van der Waals surface area (Å²) in [5, 5.41) is 14.3. The molecule has 0 fully saturated rings. The molecule has 1 aliphatic heterocycles. The lowest BCUT2D eigenvalue weighted by atomic mass is 9.95. The number of ether oxygens (including phenoxy) is 2. The van der Waals surface area contributed by atoms with Crippen molar-refractivity contribution in [3.63, 3.8) is 0 Å². The molecule has 1 aliphatic rings. The first-order valence-electron chi connectivity index (χ1n) is 10.7. The van der Waals surface area contributed by atoms with E-state index in [4.69, 9.17) is 14.5 Å². The van der Waals surface area contributed by atoms with Gasteiger partial charge in [-0.25, -0.2) is 4.98 Å². The maximum Gasteiger partial charge on any atom is 0.287 e. The van der Waals surface area contributed by atoms with E-state index in [1.807, 2.05) is 34.2 Å². The molecule has 3 heterocycles. The number of methoxy groups -OCH3 is 1. The predicted molar refractivity (Wildman–Crippen MR) is 126 cm³/mol. The number of amides is 1. The number of aliphatic hydroxyl groups is 1. The zero-order valence-corrected chi connectivity index (χ0v) is 19.7. The number of carbonyl (C=O) groups excluding carboxylic acids is 1. The van der Waals surface area contributed by atoms with Crippen molar-refractivity contribution in [2.24, 2.45) is 5.41 Å². The minimum Gasteiger partial charge on any atom is -0.493 e. The summed E-state index contributed by atoms with van der Waals surface area (Å²) in [5.74, 6) is 1.45. The van der Waals surface area contributed by atoms with Gasteiger partial charge in [0.15, 0.2) is 17.3 Å². The van der Waals surface area contributed by atoms with Crippen molar-refractivity contribution in [1.29, 1.82) is 0 Å². The molecule has 1 aromatic carbocycles. The Bertz CT molecular complexity index is 1110. The van der Waals surface area contributed by atoms with Gasteiger partial charge in [0.05, 0.1) is 24.3 Å². The van der Waals surface area contributed by atoms with Crippen LogP contribution in [0.1, 0.15) is 37.0 Å². The summed E-state index contributed by atoms with van der Waals surface area (Å²) in [7, 11) is 1.61. The summed E-state index contributed by atoms with van der Waals surface area (Å²) < 4.78 is 13.3. The van der Waals surface area contributed by atoms with Crippen LogP contribution in [0.5, 0.6) is 11.5 Å². The van der Waals surface area contributed by atoms with Crippen LogP contribution in [0, 0.1) is 5.41 Å². The topological polar surface area (TPSA) is 85.6 Å². The van der Waals surface area contributed by atoms with Crippen molar-refractivity contribution in [3.8, 4) is 33.3 Å². The number of nitrogens with zero attached hydrogens (tertiary/aromatic N) is 2. The fraction of sp³-hybridized carbons (Fsp3) is 0.417. The fourth-order valence-electron chi connectivity index (χ4n) is 3.82. The Kier molecular flexibility index (Phi) is 6.26. The summed E-state index contributed by atoms with van der Waals surface area (Å²) in [4.78, 5) is 18.9. The average molecular weight is 456 g/mol. The van der Waals surface area contributed by atoms with Crippen molar-refractivity contribution < 1.29 is 19.4 Å². The predicted octanol–water partition coefficient (Wildman–Crippen LogP) is 3.99. The largest absolute Gasteiger partial charge is 0.493 e. The second-order valence-corrected chi connectivity index (χ2v) is 9.93. The molecule has 2 aromatic heterocycles. The lowest BCUT2D eigenvalue weighted by Gasteiger charge is -2.23. The van der Waals surface area contributed by atoms with Crippen LogP contribution in [0.25, 0.3) is 21.8 Å². The van der Waals surface area contributed by atoms with E-state index in [1.165, 1.54) is 0 Å². The van der Waals surface area contributed by atoms with E-state index in [0.717, 1.165) is 33.8 Å². The van der Waals surface area contributed by atoms with Gasteiger partial charge in [-0.05, 0) is 41.0 Å². The number of benzene rings is 1. The van der Waals surface area contributed by atoms with Crippen LogP contribution in [0.15, 0.2) is 29.6 Å². The molecule has 32 heavy (non-hydrogen) atoms. The Morgan fingerprint density at radius 1 is 1.31 bits per heavy atom. The molecule has 0 saturated carbocycles. The molecule has 0 aliphatic carbocycles. The number of aliphatic hydroxyl groups excluding tert-OH is 1. The second kappa shape index (κ2) is 8.96. The standard InChI is InChI=1S/C24H29N3O4S/c1-24(2,3)14-25-23(29)22-26-20(19-6-5-11-32-19)21-16-13-18(31-10-9-28)17(30-4)12-15(16)7-8-27(21)22/h5-6,11-13,28H,7-10,14H2,1-4H3,(H,25,29). The van der Waals surface area contributed by atoms with Gasteiger partial charge in [-0.15, -0.1) is 11.3 Å². The first-order chi connectivity index (χ1) is 15.3. The van der Waals surface area contributed by atoms with Gasteiger partial charge >= 0.3 is 0 Å². The number of hydrogen-bond acceptors (Lipinski definition) is 6. The molecule has 0 radical (unpaired) electrons. The van der Waals surface area contributed by atoms with E-state index < -0.39 is 0 Å². The van der Waals surface area contributed by atoms with Gasteiger partial charge in [-0.1, -0.05) is 26.8 Å². The number of aromatic nitrogens is 2. The number of hydrogen-bond donors (Lipinski definition) is 2. The van der Waals surface area contributed by atoms with Crippen molar-refractivity contribution in [2.45, 2.75) is 33.7 Å². The van der Waals surface area contributed by atoms with Gasteiger partial charge in [0.2, 0.25) is 0 Å². The van der Waals surface area contributed by atoms with Gasteiger partial charge < -0.3 is 24.5 Å². The number of carbonyl (C=O) groups is 1. The molecule has 1 amide bonds. The minimum atomic E-state index is -0.169. The Balaban J connectivity index is 1.84. The minimum absolute atomic E-state index is 0.0222. The summed E-state index contributed by atoms with van der Waals surface area (Å²) in [6, 6.07) is 7.92. The van der Waals surface area contributed by atoms with E-state index in [-0.39, 0.29) is 24.5 Å². The van der Waals surface area contributed by atoms with Crippen LogP contribution in [0.2, 0.25) is 0 Å². The van der Waals surface area contributed by atoms with Crippen LogP contribution in [-0.4, -0.2) is 47.4 Å². The quantitative estimate of drug-likeness (QED) is 0.563. The Labute approximate surface area is 192 Å². The molecule has 0 spiro atoms. The molecule has 4 rings (SSSR count). The summed E-state index contributed by atoms with van der Waals surface area (Å²) in [6.45, 7) is 7.56. The molecule has 170 valence electrons. The highest BCUT2D eigenvalue weighted by atomic mass is 32.1. The van der Waals surface area contributed by atoms with E-state index >= 15 is 0 Å². The third kappa shape index (κ3) is 4.38. The Morgan fingerprint density at radius 2 is 2.12 bits per heavy atom. The second-order valence-electron chi connectivity index (χ2n) is 8.99. The number of imidazole rings is 1. The number of nitrogens with one attached hydrogen (secondary N) is 1. The third-order valence-corrected chi connectivity index (χ3v) is 6.18. The number of aryl methyl sites for hydroxylation is 1. The van der Waals surface area contributed by atoms with Crippen molar-refractivity contribution in [1.82, 2.24) is 14.9 Å². The summed E-state index contributed by atoms with van der Waals surface area (Å²) in [6.07, 6.45) is 0.749. The molecular formula is C24H29N3O4S. The highest BCUT2D eigenvalue weighted by molar-refractivity contribution is 7.13. The van der Waals surface area contributed by atoms with Gasteiger partial charge in [-0.3, -0.25) is 4.79 Å². The smallest absolute Gasteiger partial charge is 0.287 e. The van der Waals surface area contributed by atoms with Crippen LogP contribution in [0.3, 0.4) is 0 Å². The molecule has 0 saturated heterocycles. The average Bonchev–Trinajstić information content (AvgIpc) is 3.42. The molecular weight excluding hydrogens is 426 g/mol. The summed E-state index contributed by atoms with van der Waals surface area (Å²) in [5.41, 5.74) is 3.76. The first-order valence-corrected chi connectivity index (χ1v) is 11.6. The number of thiophene rings is 1. The van der Waals surface area contributed by atoms with E-state index in [2.05, 4.69) is 26.1 Å². The van der Waals surface area contributed by atoms with Crippen LogP contribution < -0.4 is 14.8 Å². The first kappa shape index (κ1) is 22.4. The Morgan fingerprint density at radius 3 is 2.78 bits per heavy atom. The lowest BCUT2D eigenvalue weighted by molar-refractivity contribution is 0.0924. The number of fused-ring (bicyclic) bond motifs is 3. The summed E-state index contributed by atoms with van der Waals surface area (Å²) >= 11 is 1.60. The maximum absolute atomic E-state index is 13.1. The van der Waals surface area contributed by atoms with E-state index in [1.54, 1.807) is 18.4 Å². The van der Waals surface area contributed by atoms with Crippen molar-refractivity contribution in [2.75, 3.05) is 26.9 Å². The molecule has 0 atom stereocenters. The molecule has 0 unspecified atom stereocenters. The van der Waals surface area contributed by atoms with Crippen LogP contribution >= 0.6 is 11.3 Å². The highest BCUT2D eigenvalue weighted by Gasteiger charge is 2.30. The van der Waals surface area contributed by atoms with E-state index in [0.29, 0.717) is 30.4 Å².